The minimum absolute atomic E-state index is 0.0995. The lowest BCUT2D eigenvalue weighted by molar-refractivity contribution is -0.148. The van der Waals surface area contributed by atoms with Gasteiger partial charge in [-0.25, -0.2) is 8.42 Å². The molecule has 1 N–H and O–H groups in total. The zero-order chi connectivity index (χ0) is 19.6. The van der Waals surface area contributed by atoms with Crippen LogP contribution in [0.4, 0.5) is 5.69 Å². The van der Waals surface area contributed by atoms with Crippen LogP contribution in [0.2, 0.25) is 0 Å². The molecule has 1 aromatic carbocycles. The van der Waals surface area contributed by atoms with Gasteiger partial charge in [0, 0.05) is 18.8 Å². The standard InChI is InChI=1S/C19H26N2O5S/c1-13-6-7-15(27(24,25)21-8-4-3-5-9-21)11-17(13)20-18(22)12-26-19(23)16-10-14(16)2/h6-7,11,14,16H,3-5,8-10,12H2,1-2H3,(H,20,22). The van der Waals surface area contributed by atoms with Gasteiger partial charge in [0.2, 0.25) is 10.0 Å². The predicted molar refractivity (Wildman–Crippen MR) is 101 cm³/mol. The number of esters is 1. The van der Waals surface area contributed by atoms with E-state index in [1.54, 1.807) is 19.1 Å². The quantitative estimate of drug-likeness (QED) is 0.748. The van der Waals surface area contributed by atoms with Gasteiger partial charge in [-0.2, -0.15) is 4.31 Å². The summed E-state index contributed by atoms with van der Waals surface area (Å²) in [5, 5.41) is 2.65. The summed E-state index contributed by atoms with van der Waals surface area (Å²) in [6.45, 7) is 4.42. The van der Waals surface area contributed by atoms with Crippen LogP contribution >= 0.6 is 0 Å². The summed E-state index contributed by atoms with van der Waals surface area (Å²) < 4.78 is 32.1. The molecule has 1 aliphatic carbocycles. The third-order valence-corrected chi connectivity index (χ3v) is 7.09. The van der Waals surface area contributed by atoms with Crippen LogP contribution in [0.15, 0.2) is 23.1 Å². The molecule has 1 aliphatic heterocycles. The first kappa shape index (κ1) is 19.8. The molecule has 1 amide bonds. The summed E-state index contributed by atoms with van der Waals surface area (Å²) in [5.41, 5.74) is 1.15. The number of ether oxygens (including phenoxy) is 1. The number of aryl methyl sites for hydroxylation is 1. The number of benzene rings is 1. The van der Waals surface area contributed by atoms with Gasteiger partial charge < -0.3 is 10.1 Å². The average molecular weight is 394 g/mol. The average Bonchev–Trinajstić information content (AvgIpc) is 3.39. The van der Waals surface area contributed by atoms with Gasteiger partial charge in [-0.15, -0.1) is 0 Å². The number of amides is 1. The first-order chi connectivity index (χ1) is 12.8. The summed E-state index contributed by atoms with van der Waals surface area (Å²) in [4.78, 5) is 24.0. The van der Waals surface area contributed by atoms with Crippen LogP contribution in [0.25, 0.3) is 0 Å². The molecule has 0 radical (unpaired) electrons. The second kappa shape index (κ2) is 7.98. The highest BCUT2D eigenvalue weighted by Gasteiger charge is 2.40. The lowest BCUT2D eigenvalue weighted by Gasteiger charge is -2.26. The van der Waals surface area contributed by atoms with E-state index in [0.29, 0.717) is 24.7 Å². The van der Waals surface area contributed by atoms with Gasteiger partial charge in [0.15, 0.2) is 6.61 Å². The smallest absolute Gasteiger partial charge is 0.309 e. The Bertz CT molecular complexity index is 831. The molecule has 8 heteroatoms. The summed E-state index contributed by atoms with van der Waals surface area (Å²) in [6.07, 6.45) is 3.56. The van der Waals surface area contributed by atoms with Crippen molar-refractivity contribution in [2.75, 3.05) is 25.0 Å². The number of nitrogens with zero attached hydrogens (tertiary/aromatic N) is 1. The van der Waals surface area contributed by atoms with Crippen LogP contribution in [0, 0.1) is 18.8 Å². The number of carbonyl (C=O) groups is 2. The van der Waals surface area contributed by atoms with Gasteiger partial charge in [-0.3, -0.25) is 9.59 Å². The highest BCUT2D eigenvalue weighted by atomic mass is 32.2. The summed E-state index contributed by atoms with van der Waals surface area (Å²) >= 11 is 0. The number of hydrogen-bond acceptors (Lipinski definition) is 5. The fourth-order valence-electron chi connectivity index (χ4n) is 3.23. The normalized spacial score (nSPS) is 22.9. The molecular formula is C19H26N2O5S. The molecule has 0 bridgehead atoms. The van der Waals surface area contributed by atoms with Gasteiger partial charge >= 0.3 is 5.97 Å². The van der Waals surface area contributed by atoms with E-state index >= 15 is 0 Å². The Balaban J connectivity index is 1.66. The maximum absolute atomic E-state index is 12.8. The van der Waals surface area contributed by atoms with E-state index in [0.717, 1.165) is 31.2 Å². The van der Waals surface area contributed by atoms with E-state index in [1.165, 1.54) is 10.4 Å². The van der Waals surface area contributed by atoms with Crippen LogP contribution in [0.5, 0.6) is 0 Å². The van der Waals surface area contributed by atoms with Crippen molar-refractivity contribution in [2.45, 2.75) is 44.4 Å². The monoisotopic (exact) mass is 394 g/mol. The van der Waals surface area contributed by atoms with Gasteiger partial charge in [0.1, 0.15) is 0 Å². The Morgan fingerprint density at radius 3 is 2.52 bits per heavy atom. The lowest BCUT2D eigenvalue weighted by Crippen LogP contribution is -2.35. The SMILES string of the molecule is Cc1ccc(S(=O)(=O)N2CCCCC2)cc1NC(=O)COC(=O)C1CC1C. The number of sulfonamides is 1. The molecule has 1 aromatic rings. The first-order valence-corrected chi connectivity index (χ1v) is 10.8. The van der Waals surface area contributed by atoms with Crippen LogP contribution in [-0.2, 0) is 24.3 Å². The number of piperidine rings is 1. The summed E-state index contributed by atoms with van der Waals surface area (Å²) in [6, 6.07) is 4.70. The minimum Gasteiger partial charge on any atom is -0.455 e. The molecule has 0 spiro atoms. The van der Waals surface area contributed by atoms with Crippen molar-refractivity contribution < 1.29 is 22.7 Å². The van der Waals surface area contributed by atoms with Crippen LogP contribution in [0.3, 0.4) is 0 Å². The van der Waals surface area contributed by atoms with Crippen molar-refractivity contribution in [2.24, 2.45) is 11.8 Å². The van der Waals surface area contributed by atoms with Gasteiger partial charge in [0.25, 0.3) is 5.91 Å². The maximum atomic E-state index is 12.8. The largest absolute Gasteiger partial charge is 0.455 e. The third-order valence-electron chi connectivity index (χ3n) is 5.19. The van der Waals surface area contributed by atoms with Crippen molar-refractivity contribution in [3.05, 3.63) is 23.8 Å². The molecule has 2 fully saturated rings. The molecule has 2 atom stereocenters. The van der Waals surface area contributed by atoms with E-state index in [9.17, 15) is 18.0 Å². The van der Waals surface area contributed by atoms with Crippen molar-refractivity contribution in [3.63, 3.8) is 0 Å². The molecular weight excluding hydrogens is 368 g/mol. The van der Waals surface area contributed by atoms with Crippen LogP contribution in [-0.4, -0.2) is 44.3 Å². The molecule has 0 aromatic heterocycles. The second-order valence-electron chi connectivity index (χ2n) is 7.42. The first-order valence-electron chi connectivity index (χ1n) is 9.36. The van der Waals surface area contributed by atoms with E-state index in [2.05, 4.69) is 5.32 Å². The van der Waals surface area contributed by atoms with Gasteiger partial charge in [-0.1, -0.05) is 19.4 Å². The Kier molecular flexibility index (Phi) is 5.86. The van der Waals surface area contributed by atoms with E-state index in [4.69, 9.17) is 4.74 Å². The number of nitrogens with one attached hydrogen (secondary N) is 1. The Morgan fingerprint density at radius 1 is 1.22 bits per heavy atom. The highest BCUT2D eigenvalue weighted by Crippen LogP contribution is 2.38. The minimum atomic E-state index is -3.58. The molecule has 2 unspecified atom stereocenters. The third kappa shape index (κ3) is 4.68. The van der Waals surface area contributed by atoms with Crippen molar-refractivity contribution in [3.8, 4) is 0 Å². The molecule has 1 heterocycles. The van der Waals surface area contributed by atoms with E-state index in [1.807, 2.05) is 6.92 Å². The molecule has 1 saturated heterocycles. The number of rotatable bonds is 6. The van der Waals surface area contributed by atoms with Gasteiger partial charge in [-0.05, 0) is 49.8 Å². The number of anilines is 1. The molecule has 2 aliphatic rings. The number of carbonyl (C=O) groups excluding carboxylic acids is 2. The highest BCUT2D eigenvalue weighted by molar-refractivity contribution is 7.89. The van der Waals surface area contributed by atoms with E-state index < -0.39 is 15.9 Å². The fourth-order valence-corrected chi connectivity index (χ4v) is 4.77. The predicted octanol–water partition coefficient (Wildman–Crippen LogP) is 2.31. The van der Waals surface area contributed by atoms with Crippen LogP contribution in [0.1, 0.15) is 38.2 Å². The van der Waals surface area contributed by atoms with Gasteiger partial charge in [0.05, 0.1) is 10.8 Å². The fraction of sp³-hybridized carbons (Fsp3) is 0.579. The zero-order valence-corrected chi connectivity index (χ0v) is 16.5. The molecule has 1 saturated carbocycles. The van der Waals surface area contributed by atoms with Crippen molar-refractivity contribution in [1.82, 2.24) is 4.31 Å². The molecule has 3 rings (SSSR count). The molecule has 7 nitrogen and oxygen atoms in total. The summed E-state index contributed by atoms with van der Waals surface area (Å²) in [7, 11) is -3.58. The Labute approximate surface area is 160 Å². The molecule has 148 valence electrons. The Morgan fingerprint density at radius 2 is 1.89 bits per heavy atom. The van der Waals surface area contributed by atoms with E-state index in [-0.39, 0.29) is 23.4 Å². The zero-order valence-electron chi connectivity index (χ0n) is 15.7. The number of hydrogen-bond donors (Lipinski definition) is 1. The second-order valence-corrected chi connectivity index (χ2v) is 9.35. The van der Waals surface area contributed by atoms with Crippen molar-refractivity contribution in [1.29, 1.82) is 0 Å². The maximum Gasteiger partial charge on any atom is 0.309 e. The van der Waals surface area contributed by atoms with Crippen molar-refractivity contribution >= 4 is 27.6 Å². The van der Waals surface area contributed by atoms with Crippen LogP contribution < -0.4 is 5.32 Å². The summed E-state index contributed by atoms with van der Waals surface area (Å²) in [5.74, 6) is -0.611. The topological polar surface area (TPSA) is 92.8 Å². The lowest BCUT2D eigenvalue weighted by atomic mass is 10.2. The molecule has 27 heavy (non-hydrogen) atoms. The Hall–Kier alpha value is -1.93.